The van der Waals surface area contributed by atoms with Crippen LogP contribution in [-0.2, 0) is 0 Å². The highest BCUT2D eigenvalue weighted by Crippen LogP contribution is 2.25. The van der Waals surface area contributed by atoms with Crippen molar-refractivity contribution in [2.75, 3.05) is 0 Å². The SMILES string of the molecule is CC(C)c1c[nH]c(=O)c2ccc(Br)cc12. The fourth-order valence-electron chi connectivity index (χ4n) is 1.73. The van der Waals surface area contributed by atoms with Crippen LogP contribution in [0.5, 0.6) is 0 Å². The molecule has 15 heavy (non-hydrogen) atoms. The third kappa shape index (κ3) is 1.84. The minimum absolute atomic E-state index is 0.0260. The zero-order valence-corrected chi connectivity index (χ0v) is 10.3. The molecule has 0 atom stereocenters. The van der Waals surface area contributed by atoms with Gasteiger partial charge in [-0.1, -0.05) is 29.8 Å². The summed E-state index contributed by atoms with van der Waals surface area (Å²) in [5.74, 6) is 0.402. The summed E-state index contributed by atoms with van der Waals surface area (Å²) < 4.78 is 1.00. The monoisotopic (exact) mass is 265 g/mol. The molecule has 2 nitrogen and oxygen atoms in total. The van der Waals surface area contributed by atoms with E-state index in [0.29, 0.717) is 5.92 Å². The Bertz CT molecular complexity index is 557. The summed E-state index contributed by atoms with van der Waals surface area (Å²) in [7, 11) is 0. The maximum Gasteiger partial charge on any atom is 0.255 e. The van der Waals surface area contributed by atoms with Crippen LogP contribution in [0, 0.1) is 0 Å². The lowest BCUT2D eigenvalue weighted by Crippen LogP contribution is -2.07. The molecule has 0 saturated carbocycles. The standard InChI is InChI=1S/C12H12BrNO/c1-7(2)11-6-14-12(15)9-4-3-8(13)5-10(9)11/h3-7H,1-2H3,(H,14,15). The van der Waals surface area contributed by atoms with Crippen LogP contribution >= 0.6 is 15.9 Å². The Morgan fingerprint density at radius 2 is 2.00 bits per heavy atom. The Balaban J connectivity index is 2.90. The molecule has 0 aliphatic heterocycles. The molecule has 0 aliphatic rings. The summed E-state index contributed by atoms with van der Waals surface area (Å²) in [6, 6.07) is 5.74. The lowest BCUT2D eigenvalue weighted by molar-refractivity contribution is 0.867. The Hall–Kier alpha value is -1.09. The molecule has 0 bridgehead atoms. The highest BCUT2D eigenvalue weighted by atomic mass is 79.9. The third-order valence-electron chi connectivity index (χ3n) is 2.52. The van der Waals surface area contributed by atoms with E-state index >= 15 is 0 Å². The van der Waals surface area contributed by atoms with Crippen molar-refractivity contribution in [3.8, 4) is 0 Å². The Kier molecular flexibility index (Phi) is 2.65. The van der Waals surface area contributed by atoms with Gasteiger partial charge in [0.2, 0.25) is 0 Å². The fourth-order valence-corrected chi connectivity index (χ4v) is 2.09. The predicted molar refractivity (Wildman–Crippen MR) is 66.4 cm³/mol. The summed E-state index contributed by atoms with van der Waals surface area (Å²) in [5, 5.41) is 1.78. The maximum atomic E-state index is 11.6. The van der Waals surface area contributed by atoms with Crippen molar-refractivity contribution in [2.45, 2.75) is 19.8 Å². The van der Waals surface area contributed by atoms with Crippen LogP contribution in [0.2, 0.25) is 0 Å². The first-order chi connectivity index (χ1) is 7.09. The van der Waals surface area contributed by atoms with Crippen LogP contribution < -0.4 is 5.56 Å². The second-order valence-corrected chi connectivity index (χ2v) is 4.83. The number of aromatic nitrogens is 1. The molecule has 1 aromatic heterocycles. The molecule has 3 heteroatoms. The zero-order valence-electron chi connectivity index (χ0n) is 8.67. The van der Waals surface area contributed by atoms with E-state index in [0.717, 1.165) is 15.2 Å². The van der Waals surface area contributed by atoms with Crippen LogP contribution in [0.3, 0.4) is 0 Å². The molecule has 0 radical (unpaired) electrons. The van der Waals surface area contributed by atoms with E-state index in [1.165, 1.54) is 5.56 Å². The maximum absolute atomic E-state index is 11.6. The Morgan fingerprint density at radius 1 is 1.27 bits per heavy atom. The molecule has 0 saturated heterocycles. The molecule has 2 aromatic rings. The van der Waals surface area contributed by atoms with E-state index in [9.17, 15) is 4.79 Å². The van der Waals surface area contributed by atoms with Gasteiger partial charge in [-0.25, -0.2) is 0 Å². The molecule has 1 heterocycles. The minimum atomic E-state index is -0.0260. The first kappa shape index (κ1) is 10.4. The molecule has 0 spiro atoms. The molecule has 0 fully saturated rings. The van der Waals surface area contributed by atoms with Gasteiger partial charge in [-0.3, -0.25) is 4.79 Å². The number of halogens is 1. The highest BCUT2D eigenvalue weighted by Gasteiger charge is 2.07. The third-order valence-corrected chi connectivity index (χ3v) is 3.01. The molecule has 0 aliphatic carbocycles. The molecule has 1 aromatic carbocycles. The van der Waals surface area contributed by atoms with Gasteiger partial charge >= 0.3 is 0 Å². The number of rotatable bonds is 1. The van der Waals surface area contributed by atoms with E-state index in [1.807, 2.05) is 24.4 Å². The topological polar surface area (TPSA) is 32.9 Å². The van der Waals surface area contributed by atoms with Gasteiger partial charge in [0.15, 0.2) is 0 Å². The normalized spacial score (nSPS) is 11.2. The molecule has 2 rings (SSSR count). The van der Waals surface area contributed by atoms with Crippen LogP contribution in [-0.4, -0.2) is 4.98 Å². The number of hydrogen-bond donors (Lipinski definition) is 1. The van der Waals surface area contributed by atoms with Gasteiger partial charge < -0.3 is 4.98 Å². The average molecular weight is 266 g/mol. The van der Waals surface area contributed by atoms with Gasteiger partial charge in [0.05, 0.1) is 0 Å². The second-order valence-electron chi connectivity index (χ2n) is 3.92. The van der Waals surface area contributed by atoms with E-state index in [-0.39, 0.29) is 5.56 Å². The molecule has 0 unspecified atom stereocenters. The lowest BCUT2D eigenvalue weighted by atomic mass is 9.99. The Morgan fingerprint density at radius 3 is 2.67 bits per heavy atom. The van der Waals surface area contributed by atoms with Crippen LogP contribution in [0.1, 0.15) is 25.3 Å². The zero-order chi connectivity index (χ0) is 11.0. The van der Waals surface area contributed by atoms with Crippen molar-refractivity contribution < 1.29 is 0 Å². The van der Waals surface area contributed by atoms with Crippen molar-refractivity contribution >= 4 is 26.7 Å². The van der Waals surface area contributed by atoms with Crippen LogP contribution in [0.15, 0.2) is 33.7 Å². The van der Waals surface area contributed by atoms with Gasteiger partial charge in [-0.15, -0.1) is 0 Å². The molecule has 1 N–H and O–H groups in total. The van der Waals surface area contributed by atoms with Crippen molar-refractivity contribution in [3.63, 3.8) is 0 Å². The number of hydrogen-bond acceptors (Lipinski definition) is 1. The van der Waals surface area contributed by atoms with Crippen LogP contribution in [0.25, 0.3) is 10.8 Å². The average Bonchev–Trinajstić information content (AvgIpc) is 2.17. The summed E-state index contributed by atoms with van der Waals surface area (Å²) in [6.07, 6.45) is 1.81. The fraction of sp³-hybridized carbons (Fsp3) is 0.250. The number of H-pyrrole nitrogens is 1. The number of aromatic amines is 1. The number of benzene rings is 1. The van der Waals surface area contributed by atoms with Gasteiger partial charge in [0.25, 0.3) is 5.56 Å². The summed E-state index contributed by atoms with van der Waals surface area (Å²) >= 11 is 3.43. The quantitative estimate of drug-likeness (QED) is 0.842. The molecule has 78 valence electrons. The minimum Gasteiger partial charge on any atom is -0.328 e. The van der Waals surface area contributed by atoms with Crippen molar-refractivity contribution in [2.24, 2.45) is 0 Å². The number of pyridine rings is 1. The van der Waals surface area contributed by atoms with Gasteiger partial charge in [0, 0.05) is 16.1 Å². The van der Waals surface area contributed by atoms with Gasteiger partial charge in [0.1, 0.15) is 0 Å². The van der Waals surface area contributed by atoms with Crippen molar-refractivity contribution in [3.05, 3.63) is 44.8 Å². The van der Waals surface area contributed by atoms with Gasteiger partial charge in [-0.05, 0) is 35.1 Å². The predicted octanol–water partition coefficient (Wildman–Crippen LogP) is 3.41. The Labute approximate surface area is 96.5 Å². The van der Waals surface area contributed by atoms with Crippen LogP contribution in [0.4, 0.5) is 0 Å². The van der Waals surface area contributed by atoms with E-state index < -0.39 is 0 Å². The molecular weight excluding hydrogens is 254 g/mol. The lowest BCUT2D eigenvalue weighted by Gasteiger charge is -2.09. The first-order valence-corrected chi connectivity index (χ1v) is 5.69. The van der Waals surface area contributed by atoms with Crippen molar-refractivity contribution in [1.82, 2.24) is 4.98 Å². The van der Waals surface area contributed by atoms with Crippen molar-refractivity contribution in [1.29, 1.82) is 0 Å². The summed E-state index contributed by atoms with van der Waals surface area (Å²) in [4.78, 5) is 14.4. The largest absolute Gasteiger partial charge is 0.328 e. The summed E-state index contributed by atoms with van der Waals surface area (Å²) in [6.45, 7) is 4.24. The molecular formula is C12H12BrNO. The van der Waals surface area contributed by atoms with E-state index in [2.05, 4.69) is 34.8 Å². The second kappa shape index (κ2) is 3.81. The first-order valence-electron chi connectivity index (χ1n) is 4.90. The van der Waals surface area contributed by atoms with E-state index in [4.69, 9.17) is 0 Å². The molecule has 0 amide bonds. The number of fused-ring (bicyclic) bond motifs is 1. The highest BCUT2D eigenvalue weighted by molar-refractivity contribution is 9.10. The summed E-state index contributed by atoms with van der Waals surface area (Å²) in [5.41, 5.74) is 1.15. The smallest absolute Gasteiger partial charge is 0.255 e. The van der Waals surface area contributed by atoms with E-state index in [1.54, 1.807) is 0 Å². The van der Waals surface area contributed by atoms with Gasteiger partial charge in [-0.2, -0.15) is 0 Å². The number of nitrogens with one attached hydrogen (secondary N) is 1.